The molecule has 1 aromatic heterocycles. The Hall–Kier alpha value is -3.41. The Labute approximate surface area is 188 Å². The van der Waals surface area contributed by atoms with E-state index in [-0.39, 0.29) is 18.4 Å². The summed E-state index contributed by atoms with van der Waals surface area (Å²) in [5, 5.41) is 3.73. The summed E-state index contributed by atoms with van der Waals surface area (Å²) >= 11 is 0. The number of ether oxygens (including phenoxy) is 1. The summed E-state index contributed by atoms with van der Waals surface area (Å²) in [5.74, 6) is 0.810. The van der Waals surface area contributed by atoms with E-state index in [2.05, 4.69) is 12.2 Å². The van der Waals surface area contributed by atoms with Gasteiger partial charge in [-0.15, -0.1) is 0 Å². The molecule has 6 nitrogen and oxygen atoms in total. The van der Waals surface area contributed by atoms with Crippen LogP contribution in [0.25, 0.3) is 10.9 Å². The molecule has 2 aromatic carbocycles. The summed E-state index contributed by atoms with van der Waals surface area (Å²) in [4.78, 5) is 33.0. The van der Waals surface area contributed by atoms with Crippen molar-refractivity contribution in [2.75, 3.05) is 25.5 Å². The summed E-state index contributed by atoms with van der Waals surface area (Å²) in [5.41, 5.74) is 4.23. The monoisotopic (exact) mass is 431 g/mol. The van der Waals surface area contributed by atoms with Gasteiger partial charge in [0.05, 0.1) is 18.2 Å². The molecule has 1 N–H and O–H groups in total. The Morgan fingerprint density at radius 1 is 1.19 bits per heavy atom. The van der Waals surface area contributed by atoms with E-state index in [1.165, 1.54) is 0 Å². The quantitative estimate of drug-likeness (QED) is 0.625. The largest absolute Gasteiger partial charge is 0.497 e. The van der Waals surface area contributed by atoms with Crippen LogP contribution in [0.4, 0.5) is 5.69 Å². The number of methoxy groups -OCH3 is 1. The highest BCUT2D eigenvalue weighted by atomic mass is 16.5. The number of nitrogens with zero attached hydrogens (tertiary/aromatic N) is 2. The van der Waals surface area contributed by atoms with Gasteiger partial charge in [-0.3, -0.25) is 14.6 Å². The number of hydrogen-bond acceptors (Lipinski definition) is 4. The lowest BCUT2D eigenvalue weighted by molar-refractivity contribution is -0.116. The second-order valence-corrected chi connectivity index (χ2v) is 8.38. The minimum Gasteiger partial charge on any atom is -0.497 e. The van der Waals surface area contributed by atoms with Crippen LogP contribution in [-0.2, 0) is 17.6 Å². The molecule has 3 aromatic rings. The van der Waals surface area contributed by atoms with Gasteiger partial charge in [0, 0.05) is 29.4 Å². The lowest BCUT2D eigenvalue weighted by Crippen LogP contribution is -2.39. The van der Waals surface area contributed by atoms with Gasteiger partial charge in [0.15, 0.2) is 0 Å². The van der Waals surface area contributed by atoms with Crippen molar-refractivity contribution in [3.63, 3.8) is 0 Å². The molecule has 32 heavy (non-hydrogen) atoms. The van der Waals surface area contributed by atoms with E-state index in [9.17, 15) is 9.59 Å². The number of carbonyl (C=O) groups is 2. The summed E-state index contributed by atoms with van der Waals surface area (Å²) in [6.45, 7) is 4.53. The van der Waals surface area contributed by atoms with Gasteiger partial charge in [0.1, 0.15) is 12.3 Å². The van der Waals surface area contributed by atoms with Gasteiger partial charge in [-0.25, -0.2) is 0 Å². The molecule has 0 saturated carbocycles. The Bertz CT molecular complexity index is 1160. The topological polar surface area (TPSA) is 71.5 Å². The smallest absolute Gasteiger partial charge is 0.255 e. The lowest BCUT2D eigenvalue weighted by atomic mass is 9.83. The molecule has 1 unspecified atom stereocenters. The van der Waals surface area contributed by atoms with Crippen molar-refractivity contribution in [3.8, 4) is 5.75 Å². The third-order valence-corrected chi connectivity index (χ3v) is 6.08. The maximum absolute atomic E-state index is 13.8. The number of likely N-dealkylation sites (N-methyl/N-ethyl adjacent to an activating group) is 1. The average molecular weight is 432 g/mol. The van der Waals surface area contributed by atoms with Crippen LogP contribution in [0.1, 0.15) is 41.9 Å². The molecular formula is C26H29N3O3. The van der Waals surface area contributed by atoms with Gasteiger partial charge in [0.25, 0.3) is 5.91 Å². The van der Waals surface area contributed by atoms with Crippen molar-refractivity contribution >= 4 is 28.4 Å². The summed E-state index contributed by atoms with van der Waals surface area (Å²) in [6.07, 6.45) is 2.79. The Morgan fingerprint density at radius 3 is 2.78 bits per heavy atom. The number of carbonyl (C=O) groups excluding carboxylic acids is 2. The van der Waals surface area contributed by atoms with E-state index in [0.29, 0.717) is 29.5 Å². The highest BCUT2D eigenvalue weighted by molar-refractivity contribution is 6.09. The zero-order valence-electron chi connectivity index (χ0n) is 18.9. The third-order valence-electron chi connectivity index (χ3n) is 6.08. The molecule has 6 heteroatoms. The van der Waals surface area contributed by atoms with Crippen LogP contribution in [0.15, 0.2) is 48.5 Å². The maximum Gasteiger partial charge on any atom is 0.255 e. The number of para-hydroxylation sites is 1. The number of rotatable bonds is 6. The number of anilines is 1. The number of hydrogen-bond donors (Lipinski definition) is 1. The van der Waals surface area contributed by atoms with Crippen LogP contribution in [0.3, 0.4) is 0 Å². The molecule has 166 valence electrons. The van der Waals surface area contributed by atoms with Crippen molar-refractivity contribution in [1.29, 1.82) is 0 Å². The van der Waals surface area contributed by atoms with Crippen molar-refractivity contribution < 1.29 is 14.3 Å². The van der Waals surface area contributed by atoms with Gasteiger partial charge in [0.2, 0.25) is 5.91 Å². The van der Waals surface area contributed by atoms with E-state index < -0.39 is 0 Å². The zero-order valence-corrected chi connectivity index (χ0v) is 18.9. The maximum atomic E-state index is 13.8. The second kappa shape index (κ2) is 9.39. The molecule has 0 fully saturated rings. The van der Waals surface area contributed by atoms with Gasteiger partial charge in [-0.2, -0.15) is 0 Å². The Morgan fingerprint density at radius 2 is 2.00 bits per heavy atom. The van der Waals surface area contributed by atoms with Crippen molar-refractivity contribution in [1.82, 2.24) is 9.88 Å². The minimum atomic E-state index is -0.242. The molecule has 0 radical (unpaired) electrons. The number of fused-ring (bicyclic) bond motifs is 2. The van der Waals surface area contributed by atoms with Gasteiger partial charge >= 0.3 is 0 Å². The number of pyridine rings is 1. The fraction of sp³-hybridized carbons (Fsp3) is 0.346. The first-order valence-corrected chi connectivity index (χ1v) is 11.1. The van der Waals surface area contributed by atoms with Gasteiger partial charge in [-0.05, 0) is 55.9 Å². The van der Waals surface area contributed by atoms with Crippen LogP contribution in [0.2, 0.25) is 0 Å². The molecule has 1 aliphatic rings. The van der Waals surface area contributed by atoms with E-state index in [0.717, 1.165) is 41.4 Å². The summed E-state index contributed by atoms with van der Waals surface area (Å²) in [7, 11) is 1.58. The fourth-order valence-corrected chi connectivity index (χ4v) is 4.37. The summed E-state index contributed by atoms with van der Waals surface area (Å²) < 4.78 is 5.22. The third kappa shape index (κ3) is 4.44. The van der Waals surface area contributed by atoms with Crippen LogP contribution in [0.5, 0.6) is 5.75 Å². The first kappa shape index (κ1) is 21.8. The fourth-order valence-electron chi connectivity index (χ4n) is 4.37. The Balaban J connectivity index is 1.63. The standard InChI is InChI=1S/C26H29N3O3/c1-4-29(16-24(30)27-18-8-7-9-19(15-18)32-3)26(31)25-20-10-5-6-11-22(20)28-23-13-12-17(2)14-21(23)25/h5-11,15,17H,4,12-14,16H2,1-3H3,(H,27,30). The second-order valence-electron chi connectivity index (χ2n) is 8.38. The number of aryl methyl sites for hydroxylation is 1. The highest BCUT2D eigenvalue weighted by Crippen LogP contribution is 2.32. The zero-order chi connectivity index (χ0) is 22.7. The highest BCUT2D eigenvalue weighted by Gasteiger charge is 2.28. The number of benzene rings is 2. The van der Waals surface area contributed by atoms with Crippen molar-refractivity contribution in [2.45, 2.75) is 33.1 Å². The van der Waals surface area contributed by atoms with E-state index in [1.54, 1.807) is 24.1 Å². The molecule has 1 atom stereocenters. The molecule has 0 saturated heterocycles. The van der Waals surface area contributed by atoms with E-state index in [4.69, 9.17) is 9.72 Å². The normalized spacial score (nSPS) is 15.2. The van der Waals surface area contributed by atoms with Crippen LogP contribution < -0.4 is 10.1 Å². The van der Waals surface area contributed by atoms with E-state index >= 15 is 0 Å². The minimum absolute atomic E-state index is 0.0203. The molecule has 1 aliphatic carbocycles. The molecule has 2 amide bonds. The first-order valence-electron chi connectivity index (χ1n) is 11.1. The number of aromatic nitrogens is 1. The molecular weight excluding hydrogens is 402 g/mol. The van der Waals surface area contributed by atoms with Crippen molar-refractivity contribution in [3.05, 3.63) is 65.4 Å². The molecule has 0 spiro atoms. The lowest BCUT2D eigenvalue weighted by Gasteiger charge is -2.27. The SMILES string of the molecule is CCN(CC(=O)Nc1cccc(OC)c1)C(=O)c1c2c(nc3ccccc13)CCC(C)C2. The van der Waals surface area contributed by atoms with Crippen LogP contribution in [0, 0.1) is 5.92 Å². The van der Waals surface area contributed by atoms with E-state index in [1.807, 2.05) is 43.3 Å². The predicted octanol–water partition coefficient (Wildman–Crippen LogP) is 4.47. The van der Waals surface area contributed by atoms with Crippen LogP contribution >= 0.6 is 0 Å². The summed E-state index contributed by atoms with van der Waals surface area (Å²) in [6, 6.07) is 15.0. The van der Waals surface area contributed by atoms with Gasteiger partial charge < -0.3 is 15.0 Å². The predicted molar refractivity (Wildman–Crippen MR) is 126 cm³/mol. The molecule has 0 bridgehead atoms. The molecule has 1 heterocycles. The molecule has 4 rings (SSSR count). The van der Waals surface area contributed by atoms with Gasteiger partial charge in [-0.1, -0.05) is 31.2 Å². The first-order chi connectivity index (χ1) is 15.5. The number of nitrogens with one attached hydrogen (secondary N) is 1. The van der Waals surface area contributed by atoms with Crippen LogP contribution in [-0.4, -0.2) is 41.9 Å². The van der Waals surface area contributed by atoms with Crippen molar-refractivity contribution in [2.24, 2.45) is 5.92 Å². The number of amides is 2. The molecule has 0 aliphatic heterocycles. The Kier molecular flexibility index (Phi) is 6.40. The average Bonchev–Trinajstić information content (AvgIpc) is 2.80.